The fourth-order valence-electron chi connectivity index (χ4n) is 2.12. The molecule has 128 valence electrons. The lowest BCUT2D eigenvalue weighted by Gasteiger charge is -2.14. The molecule has 0 saturated carbocycles. The molecular formula is C17H20IN3O3. The van der Waals surface area contributed by atoms with E-state index in [2.05, 4.69) is 32.9 Å². The maximum Gasteiger partial charge on any atom is 0.252 e. The topological polar surface area (TPSA) is 63.7 Å². The molecule has 2 rings (SSSR count). The van der Waals surface area contributed by atoms with Crippen LogP contribution in [0.5, 0.6) is 11.5 Å². The highest BCUT2D eigenvalue weighted by molar-refractivity contribution is 14.1. The molecule has 0 aliphatic carbocycles. The molecule has 1 amide bonds. The van der Waals surface area contributed by atoms with E-state index in [1.165, 1.54) is 0 Å². The number of rotatable bonds is 6. The van der Waals surface area contributed by atoms with Crippen LogP contribution in [-0.2, 0) is 6.54 Å². The summed E-state index contributed by atoms with van der Waals surface area (Å²) in [5.41, 5.74) is 1.53. The van der Waals surface area contributed by atoms with Crippen molar-refractivity contribution >= 4 is 34.3 Å². The summed E-state index contributed by atoms with van der Waals surface area (Å²) in [5, 5.41) is 2.92. The molecule has 24 heavy (non-hydrogen) atoms. The molecular weight excluding hydrogens is 421 g/mol. The number of methoxy groups -OCH3 is 2. The van der Waals surface area contributed by atoms with Crippen molar-refractivity contribution in [1.29, 1.82) is 0 Å². The maximum absolute atomic E-state index is 12.5. The van der Waals surface area contributed by atoms with Gasteiger partial charge in [-0.2, -0.15) is 0 Å². The van der Waals surface area contributed by atoms with Gasteiger partial charge in [0, 0.05) is 30.4 Å². The highest BCUT2D eigenvalue weighted by Gasteiger charge is 2.15. The van der Waals surface area contributed by atoms with E-state index in [0.717, 1.165) is 15.0 Å². The Morgan fingerprint density at radius 1 is 1.21 bits per heavy atom. The van der Waals surface area contributed by atoms with Crippen molar-refractivity contribution in [2.75, 3.05) is 33.2 Å². The summed E-state index contributed by atoms with van der Waals surface area (Å²) < 4.78 is 11.3. The minimum atomic E-state index is -0.163. The Balaban J connectivity index is 2.14. The Kier molecular flexibility index (Phi) is 6.24. The van der Waals surface area contributed by atoms with Crippen LogP contribution in [-0.4, -0.2) is 39.2 Å². The van der Waals surface area contributed by atoms with Crippen LogP contribution in [0.2, 0.25) is 0 Å². The van der Waals surface area contributed by atoms with E-state index in [1.54, 1.807) is 32.5 Å². The van der Waals surface area contributed by atoms with Crippen molar-refractivity contribution in [3.05, 3.63) is 45.2 Å². The normalized spacial score (nSPS) is 10.2. The van der Waals surface area contributed by atoms with Gasteiger partial charge in [-0.3, -0.25) is 4.79 Å². The van der Waals surface area contributed by atoms with Gasteiger partial charge < -0.3 is 19.7 Å². The van der Waals surface area contributed by atoms with Gasteiger partial charge in [-0.05, 0) is 52.4 Å². The lowest BCUT2D eigenvalue weighted by atomic mass is 10.1. The van der Waals surface area contributed by atoms with Crippen LogP contribution in [0.4, 0.5) is 5.82 Å². The number of carbonyl (C=O) groups is 1. The van der Waals surface area contributed by atoms with E-state index in [1.807, 2.05) is 31.1 Å². The molecule has 0 radical (unpaired) electrons. The number of nitrogens with zero attached hydrogens (tertiary/aromatic N) is 2. The fraction of sp³-hybridized carbons (Fsp3) is 0.294. The molecule has 0 bridgehead atoms. The molecule has 7 heteroatoms. The third-order valence-electron chi connectivity index (χ3n) is 3.44. The highest BCUT2D eigenvalue weighted by Crippen LogP contribution is 2.31. The van der Waals surface area contributed by atoms with Crippen molar-refractivity contribution in [2.45, 2.75) is 6.54 Å². The Morgan fingerprint density at radius 2 is 1.88 bits per heavy atom. The SMILES string of the molecule is COc1cc(I)c(C(=O)NCc2ccnc(N(C)C)c2)cc1OC. The van der Waals surface area contributed by atoms with Crippen molar-refractivity contribution in [1.82, 2.24) is 10.3 Å². The van der Waals surface area contributed by atoms with E-state index in [0.29, 0.717) is 23.6 Å². The van der Waals surface area contributed by atoms with Crippen LogP contribution in [0.25, 0.3) is 0 Å². The minimum Gasteiger partial charge on any atom is -0.493 e. The molecule has 0 spiro atoms. The molecule has 0 fully saturated rings. The predicted octanol–water partition coefficient (Wildman–Crippen LogP) is 2.70. The van der Waals surface area contributed by atoms with Crippen LogP contribution < -0.4 is 19.7 Å². The largest absolute Gasteiger partial charge is 0.493 e. The number of pyridine rings is 1. The van der Waals surface area contributed by atoms with Crippen molar-refractivity contribution in [3.63, 3.8) is 0 Å². The number of anilines is 1. The Bertz CT molecular complexity index is 735. The van der Waals surface area contributed by atoms with Gasteiger partial charge in [0.25, 0.3) is 5.91 Å². The average Bonchev–Trinajstić information content (AvgIpc) is 2.59. The van der Waals surface area contributed by atoms with Crippen molar-refractivity contribution in [2.24, 2.45) is 0 Å². The molecule has 0 unspecified atom stereocenters. The Hall–Kier alpha value is -2.03. The minimum absolute atomic E-state index is 0.163. The van der Waals surface area contributed by atoms with Gasteiger partial charge in [0.1, 0.15) is 5.82 Å². The van der Waals surface area contributed by atoms with Gasteiger partial charge in [-0.15, -0.1) is 0 Å². The first-order valence-electron chi connectivity index (χ1n) is 7.28. The maximum atomic E-state index is 12.5. The summed E-state index contributed by atoms with van der Waals surface area (Å²) in [6, 6.07) is 7.30. The average molecular weight is 441 g/mol. The lowest BCUT2D eigenvalue weighted by molar-refractivity contribution is 0.0949. The summed E-state index contributed by atoms with van der Waals surface area (Å²) in [6.45, 7) is 0.423. The lowest BCUT2D eigenvalue weighted by Crippen LogP contribution is -2.24. The van der Waals surface area contributed by atoms with Crippen molar-refractivity contribution < 1.29 is 14.3 Å². The van der Waals surface area contributed by atoms with Crippen LogP contribution in [0.15, 0.2) is 30.5 Å². The number of carbonyl (C=O) groups excluding carboxylic acids is 1. The van der Waals surface area contributed by atoms with E-state index in [-0.39, 0.29) is 5.91 Å². The van der Waals surface area contributed by atoms with Crippen LogP contribution in [0.3, 0.4) is 0 Å². The molecule has 0 atom stereocenters. The number of nitrogens with one attached hydrogen (secondary N) is 1. The van der Waals surface area contributed by atoms with Gasteiger partial charge in [0.05, 0.1) is 19.8 Å². The zero-order valence-corrected chi connectivity index (χ0v) is 16.2. The number of aromatic nitrogens is 1. The molecule has 1 aromatic carbocycles. The first kappa shape index (κ1) is 18.3. The third kappa shape index (κ3) is 4.28. The zero-order valence-electron chi connectivity index (χ0n) is 14.1. The van der Waals surface area contributed by atoms with E-state index in [9.17, 15) is 4.79 Å². The van der Waals surface area contributed by atoms with Crippen LogP contribution in [0.1, 0.15) is 15.9 Å². The summed E-state index contributed by atoms with van der Waals surface area (Å²) in [5.74, 6) is 1.82. The summed E-state index contributed by atoms with van der Waals surface area (Å²) in [4.78, 5) is 18.7. The fourth-order valence-corrected chi connectivity index (χ4v) is 2.80. The third-order valence-corrected chi connectivity index (χ3v) is 4.33. The van der Waals surface area contributed by atoms with Gasteiger partial charge in [0.15, 0.2) is 11.5 Å². The number of hydrogen-bond acceptors (Lipinski definition) is 5. The number of amides is 1. The zero-order chi connectivity index (χ0) is 17.7. The molecule has 2 aromatic rings. The summed E-state index contributed by atoms with van der Waals surface area (Å²) >= 11 is 2.11. The molecule has 6 nitrogen and oxygen atoms in total. The molecule has 0 aliphatic rings. The molecule has 1 heterocycles. The second-order valence-corrected chi connectivity index (χ2v) is 6.45. The highest BCUT2D eigenvalue weighted by atomic mass is 127. The second kappa shape index (κ2) is 8.18. The molecule has 0 saturated heterocycles. The standard InChI is InChI=1S/C17H20IN3O3/c1-21(2)16-7-11(5-6-19-16)10-20-17(22)12-8-14(23-3)15(24-4)9-13(12)18/h5-9H,10H2,1-4H3,(H,20,22). The Morgan fingerprint density at radius 3 is 2.50 bits per heavy atom. The predicted molar refractivity (Wildman–Crippen MR) is 102 cm³/mol. The molecule has 0 aliphatic heterocycles. The van der Waals surface area contributed by atoms with E-state index >= 15 is 0 Å². The first-order chi connectivity index (χ1) is 11.5. The number of halogens is 1. The first-order valence-corrected chi connectivity index (χ1v) is 8.36. The number of ether oxygens (including phenoxy) is 2. The van der Waals surface area contributed by atoms with E-state index in [4.69, 9.17) is 9.47 Å². The summed E-state index contributed by atoms with van der Waals surface area (Å²) in [6.07, 6.45) is 1.73. The number of benzene rings is 1. The van der Waals surface area contributed by atoms with Crippen LogP contribution >= 0.6 is 22.6 Å². The van der Waals surface area contributed by atoms with Gasteiger partial charge in [-0.1, -0.05) is 0 Å². The Labute approximate surface area is 155 Å². The number of hydrogen-bond donors (Lipinski definition) is 1. The van der Waals surface area contributed by atoms with Gasteiger partial charge in [0.2, 0.25) is 0 Å². The van der Waals surface area contributed by atoms with Crippen molar-refractivity contribution in [3.8, 4) is 11.5 Å². The monoisotopic (exact) mass is 441 g/mol. The van der Waals surface area contributed by atoms with Gasteiger partial charge >= 0.3 is 0 Å². The summed E-state index contributed by atoms with van der Waals surface area (Å²) in [7, 11) is 6.97. The smallest absolute Gasteiger partial charge is 0.252 e. The van der Waals surface area contributed by atoms with Gasteiger partial charge in [-0.25, -0.2) is 4.98 Å². The molecule has 1 N–H and O–H groups in total. The van der Waals surface area contributed by atoms with E-state index < -0.39 is 0 Å². The second-order valence-electron chi connectivity index (χ2n) is 5.29. The molecule has 1 aromatic heterocycles. The quantitative estimate of drug-likeness (QED) is 0.699. The van der Waals surface area contributed by atoms with Crippen LogP contribution in [0, 0.1) is 3.57 Å².